The van der Waals surface area contributed by atoms with Gasteiger partial charge in [0, 0.05) is 98.1 Å². The van der Waals surface area contributed by atoms with E-state index in [2.05, 4.69) is 14.2 Å². The molecular weight excluding hydrogens is 471 g/mol. The van der Waals surface area contributed by atoms with Gasteiger partial charge in [-0.2, -0.15) is 0 Å². The van der Waals surface area contributed by atoms with Gasteiger partial charge in [0.25, 0.3) is 5.97 Å². The molecule has 6 nitrogen and oxygen atoms in total. The van der Waals surface area contributed by atoms with Crippen LogP contribution in [0.4, 0.5) is 0 Å². The van der Waals surface area contributed by atoms with Crippen LogP contribution >= 0.6 is 0 Å². The van der Waals surface area contributed by atoms with Crippen molar-refractivity contribution in [2.45, 2.75) is 6.42 Å². The zero-order chi connectivity index (χ0) is 11.8. The Morgan fingerprint density at radius 1 is 0.944 bits per heavy atom. The van der Waals surface area contributed by atoms with Gasteiger partial charge in [0.15, 0.2) is 0 Å². The van der Waals surface area contributed by atoms with E-state index in [4.69, 9.17) is 0 Å². The molecule has 0 aliphatic rings. The van der Waals surface area contributed by atoms with Crippen LogP contribution in [0.5, 0.6) is 0 Å². The van der Waals surface area contributed by atoms with Gasteiger partial charge >= 0.3 is 0 Å². The molecular formula is C9H12O6Y3-2. The molecule has 0 rings (SSSR count). The van der Waals surface area contributed by atoms with Gasteiger partial charge < -0.3 is 26.5 Å². The second-order valence-electron chi connectivity index (χ2n) is 2.44. The van der Waals surface area contributed by atoms with E-state index in [0.717, 1.165) is 20.6 Å². The Balaban J connectivity index is -0.000000327. The molecule has 0 saturated carbocycles. The van der Waals surface area contributed by atoms with Gasteiger partial charge in [-0.25, -0.2) is 0 Å². The molecule has 0 aromatic heterocycles. The molecule has 0 unspecified atom stereocenters. The fraction of sp³-hybridized carbons (Fsp3) is 0.444. The summed E-state index contributed by atoms with van der Waals surface area (Å²) in [5.74, 6) is -2.27. The number of methoxy groups -OCH3 is 3. The Hall–Kier alpha value is 1.46. The van der Waals surface area contributed by atoms with Crippen molar-refractivity contribution in [2.75, 3.05) is 21.3 Å². The molecule has 95 valence electrons. The SMILES string of the molecule is COC(=O)[CH-][C-](CC(=O)OC)C(=O)OC.[Y].[Y].[Y]. The minimum Gasteiger partial charge on any atom is -0.494 e. The molecule has 0 aromatic rings. The molecule has 0 N–H and O–H groups in total. The Morgan fingerprint density at radius 3 is 1.78 bits per heavy atom. The van der Waals surface area contributed by atoms with Crippen molar-refractivity contribution in [3.63, 3.8) is 0 Å². The molecule has 0 aromatic carbocycles. The van der Waals surface area contributed by atoms with Crippen LogP contribution in [0.25, 0.3) is 0 Å². The van der Waals surface area contributed by atoms with Crippen LogP contribution in [-0.2, 0) is 127 Å². The first-order chi connectivity index (χ1) is 7.04. The fourth-order valence-corrected chi connectivity index (χ4v) is 0.742. The summed E-state index contributed by atoms with van der Waals surface area (Å²) >= 11 is 0. The van der Waals surface area contributed by atoms with Crippen molar-refractivity contribution in [3.8, 4) is 0 Å². The Bertz CT molecular complexity index is 241. The van der Waals surface area contributed by atoms with Crippen LogP contribution in [-0.4, -0.2) is 39.2 Å². The van der Waals surface area contributed by atoms with Crippen molar-refractivity contribution in [3.05, 3.63) is 12.3 Å². The second-order valence-corrected chi connectivity index (χ2v) is 2.44. The predicted octanol–water partition coefficient (Wildman–Crippen LogP) is -0.333. The van der Waals surface area contributed by atoms with E-state index in [1.807, 2.05) is 0 Å². The normalized spacial score (nSPS) is 7.28. The summed E-state index contributed by atoms with van der Waals surface area (Å²) in [6.07, 6.45) is 0.557. The maximum Gasteiger partial charge on any atom is 0.276 e. The van der Waals surface area contributed by atoms with Crippen molar-refractivity contribution in [1.82, 2.24) is 0 Å². The number of hydrogen-bond donors (Lipinski definition) is 0. The van der Waals surface area contributed by atoms with E-state index in [1.54, 1.807) is 0 Å². The molecule has 0 aliphatic heterocycles. The van der Waals surface area contributed by atoms with Crippen LogP contribution in [0, 0.1) is 12.3 Å². The minimum absolute atomic E-state index is 0. The Labute approximate surface area is 182 Å². The van der Waals surface area contributed by atoms with E-state index >= 15 is 0 Å². The first-order valence-electron chi connectivity index (χ1n) is 3.98. The van der Waals surface area contributed by atoms with Crippen LogP contribution in [0.3, 0.4) is 0 Å². The molecule has 0 atom stereocenters. The van der Waals surface area contributed by atoms with E-state index in [9.17, 15) is 14.4 Å². The molecule has 0 bridgehead atoms. The molecule has 3 radical (unpaired) electrons. The van der Waals surface area contributed by atoms with Gasteiger partial charge in [-0.15, -0.1) is 0 Å². The predicted molar refractivity (Wildman–Crippen MR) is 48.2 cm³/mol. The summed E-state index contributed by atoms with van der Waals surface area (Å²) in [7, 11) is 3.48. The average molecular weight is 483 g/mol. The zero-order valence-corrected chi connectivity index (χ0v) is 19.0. The molecule has 0 amide bonds. The number of ether oxygens (including phenoxy) is 3. The van der Waals surface area contributed by atoms with E-state index in [-0.39, 0.29) is 110 Å². The number of rotatable bonds is 5. The van der Waals surface area contributed by atoms with Gasteiger partial charge in [0.1, 0.15) is 11.9 Å². The van der Waals surface area contributed by atoms with Crippen LogP contribution in [0.15, 0.2) is 0 Å². The van der Waals surface area contributed by atoms with Gasteiger partial charge in [0.05, 0.1) is 21.3 Å². The number of esters is 3. The number of carbonyl (C=O) groups is 3. The topological polar surface area (TPSA) is 78.9 Å². The van der Waals surface area contributed by atoms with Crippen LogP contribution < -0.4 is 0 Å². The Morgan fingerprint density at radius 2 is 1.44 bits per heavy atom. The zero-order valence-electron chi connectivity index (χ0n) is 10.5. The van der Waals surface area contributed by atoms with Gasteiger partial charge in [0.2, 0.25) is 0 Å². The van der Waals surface area contributed by atoms with E-state index in [0.29, 0.717) is 0 Å². The van der Waals surface area contributed by atoms with Crippen LogP contribution in [0.2, 0.25) is 0 Å². The maximum atomic E-state index is 11.1. The summed E-state index contributed by atoms with van der Waals surface area (Å²) in [6.45, 7) is 0. The smallest absolute Gasteiger partial charge is 0.276 e. The third-order valence-electron chi connectivity index (χ3n) is 1.50. The first-order valence-corrected chi connectivity index (χ1v) is 3.98. The molecule has 0 heterocycles. The minimum atomic E-state index is -0.772. The average Bonchev–Trinajstić information content (AvgIpc) is 2.26. The van der Waals surface area contributed by atoms with E-state index < -0.39 is 17.9 Å². The third-order valence-corrected chi connectivity index (χ3v) is 1.50. The van der Waals surface area contributed by atoms with Gasteiger partial charge in [-0.3, -0.25) is 14.4 Å². The van der Waals surface area contributed by atoms with Gasteiger partial charge in [-0.1, -0.05) is 6.42 Å². The molecule has 9 heteroatoms. The number of carbonyl (C=O) groups excluding carboxylic acids is 3. The fourth-order valence-electron chi connectivity index (χ4n) is 0.742. The summed E-state index contributed by atoms with van der Waals surface area (Å²) in [5.41, 5.74) is 0. The molecule has 0 spiro atoms. The quantitative estimate of drug-likeness (QED) is 0.303. The standard InChI is InChI=1S/C9H12O6.3Y/c1-13-7(10)4-6(9(12)15-3)5-8(11)14-2;;;/h4H,5H2,1-3H3;;;/q-2;;;. The molecule has 0 saturated heterocycles. The molecule has 0 aliphatic carbocycles. The summed E-state index contributed by atoms with van der Waals surface area (Å²) in [5, 5.41) is 0. The molecule has 0 fully saturated rings. The monoisotopic (exact) mass is 483 g/mol. The largest absolute Gasteiger partial charge is 0.494 e. The first kappa shape index (κ1) is 27.7. The summed E-state index contributed by atoms with van der Waals surface area (Å²) in [6, 6.07) is 0. The summed E-state index contributed by atoms with van der Waals surface area (Å²) < 4.78 is 13.0. The van der Waals surface area contributed by atoms with Gasteiger partial charge in [-0.05, 0) is 0 Å². The Kier molecular flexibility index (Phi) is 25.5. The summed E-state index contributed by atoms with van der Waals surface area (Å²) in [4.78, 5) is 32.9. The number of hydrogen-bond acceptors (Lipinski definition) is 6. The third kappa shape index (κ3) is 12.5. The van der Waals surface area contributed by atoms with Crippen molar-refractivity contribution in [1.29, 1.82) is 0 Å². The van der Waals surface area contributed by atoms with Crippen molar-refractivity contribution in [2.24, 2.45) is 0 Å². The maximum absolute atomic E-state index is 11.1. The second kappa shape index (κ2) is 16.5. The van der Waals surface area contributed by atoms with Crippen molar-refractivity contribution < 1.29 is 127 Å². The molecule has 18 heavy (non-hydrogen) atoms. The van der Waals surface area contributed by atoms with Crippen molar-refractivity contribution >= 4 is 17.9 Å². The van der Waals surface area contributed by atoms with E-state index in [1.165, 1.54) is 7.11 Å². The van der Waals surface area contributed by atoms with Crippen LogP contribution in [0.1, 0.15) is 6.42 Å².